The highest BCUT2D eigenvalue weighted by Crippen LogP contribution is 2.29. The van der Waals surface area contributed by atoms with E-state index in [1.807, 2.05) is 0 Å². The molecule has 4 nitrogen and oxygen atoms in total. The Morgan fingerprint density at radius 2 is 2.20 bits per heavy atom. The van der Waals surface area contributed by atoms with Gasteiger partial charge in [0.15, 0.2) is 0 Å². The lowest BCUT2D eigenvalue weighted by Crippen LogP contribution is -2.54. The van der Waals surface area contributed by atoms with Crippen LogP contribution >= 0.6 is 0 Å². The first-order valence-corrected chi connectivity index (χ1v) is 6.21. The fourth-order valence-corrected chi connectivity index (χ4v) is 2.26. The lowest BCUT2D eigenvalue weighted by atomic mass is 10.1. The van der Waals surface area contributed by atoms with Crippen LogP contribution in [0.1, 0.15) is 11.1 Å². The Hall–Kier alpha value is -1.60. The maximum Gasteiger partial charge on any atom is 0.416 e. The van der Waals surface area contributed by atoms with Crippen molar-refractivity contribution in [2.75, 3.05) is 19.6 Å². The lowest BCUT2D eigenvalue weighted by molar-refractivity contribution is -0.144. The molecule has 2 rings (SSSR count). The first kappa shape index (κ1) is 14.8. The molecule has 0 radical (unpaired) electrons. The van der Waals surface area contributed by atoms with Gasteiger partial charge in [0.25, 0.3) is 0 Å². The number of aliphatic carboxylic acids is 1. The molecular weight excluding hydrogens is 273 g/mol. The Bertz CT molecular complexity index is 491. The van der Waals surface area contributed by atoms with Gasteiger partial charge in [-0.05, 0) is 11.6 Å². The number of carbonyl (C=O) groups is 1. The Labute approximate surface area is 114 Å². The zero-order chi connectivity index (χ0) is 14.8. The second-order valence-corrected chi connectivity index (χ2v) is 4.73. The number of carboxylic acid groups (broad SMARTS) is 1. The van der Waals surface area contributed by atoms with E-state index in [0.717, 1.165) is 12.1 Å². The van der Waals surface area contributed by atoms with Crippen molar-refractivity contribution in [3.8, 4) is 0 Å². The molecule has 0 amide bonds. The van der Waals surface area contributed by atoms with E-state index in [4.69, 9.17) is 5.11 Å². The van der Waals surface area contributed by atoms with Crippen LogP contribution in [0.3, 0.4) is 0 Å². The number of piperazine rings is 1. The zero-order valence-electron chi connectivity index (χ0n) is 10.7. The number of benzene rings is 1. The molecule has 1 aromatic rings. The third-order valence-corrected chi connectivity index (χ3v) is 3.28. The summed E-state index contributed by atoms with van der Waals surface area (Å²) >= 11 is 0. The lowest BCUT2D eigenvalue weighted by Gasteiger charge is -2.33. The van der Waals surface area contributed by atoms with E-state index in [2.05, 4.69) is 5.32 Å². The van der Waals surface area contributed by atoms with E-state index in [1.54, 1.807) is 11.0 Å². The van der Waals surface area contributed by atoms with Crippen LogP contribution in [-0.2, 0) is 17.5 Å². The molecule has 1 aromatic carbocycles. The molecule has 7 heteroatoms. The summed E-state index contributed by atoms with van der Waals surface area (Å²) in [6.07, 6.45) is -4.38. The van der Waals surface area contributed by atoms with Crippen molar-refractivity contribution in [2.45, 2.75) is 18.8 Å². The van der Waals surface area contributed by atoms with Gasteiger partial charge in [0.05, 0.1) is 5.56 Å². The molecule has 1 atom stereocenters. The smallest absolute Gasteiger partial charge is 0.416 e. The molecule has 20 heavy (non-hydrogen) atoms. The van der Waals surface area contributed by atoms with E-state index in [9.17, 15) is 18.0 Å². The van der Waals surface area contributed by atoms with Gasteiger partial charge in [-0.25, -0.2) is 0 Å². The normalized spacial score (nSPS) is 20.9. The molecule has 2 N–H and O–H groups in total. The SMILES string of the molecule is O=C(O)C1CNCCN1Cc1cccc(C(F)(F)F)c1. The van der Waals surface area contributed by atoms with Gasteiger partial charge in [0.2, 0.25) is 0 Å². The monoisotopic (exact) mass is 288 g/mol. The third-order valence-electron chi connectivity index (χ3n) is 3.28. The summed E-state index contributed by atoms with van der Waals surface area (Å²) in [6, 6.07) is 4.29. The van der Waals surface area contributed by atoms with Crippen molar-refractivity contribution in [1.82, 2.24) is 10.2 Å². The van der Waals surface area contributed by atoms with Gasteiger partial charge in [0.1, 0.15) is 6.04 Å². The van der Waals surface area contributed by atoms with Crippen LogP contribution in [0.4, 0.5) is 13.2 Å². The molecule has 0 saturated carbocycles. The Balaban J connectivity index is 2.14. The fourth-order valence-electron chi connectivity index (χ4n) is 2.26. The van der Waals surface area contributed by atoms with Gasteiger partial charge in [0, 0.05) is 26.2 Å². The number of rotatable bonds is 3. The minimum Gasteiger partial charge on any atom is -0.480 e. The molecule has 1 fully saturated rings. The summed E-state index contributed by atoms with van der Waals surface area (Å²) < 4.78 is 37.9. The summed E-state index contributed by atoms with van der Waals surface area (Å²) in [5.74, 6) is -0.968. The van der Waals surface area contributed by atoms with E-state index < -0.39 is 23.8 Å². The van der Waals surface area contributed by atoms with E-state index >= 15 is 0 Å². The fraction of sp³-hybridized carbons (Fsp3) is 0.462. The number of nitrogens with one attached hydrogen (secondary N) is 1. The second-order valence-electron chi connectivity index (χ2n) is 4.73. The Morgan fingerprint density at radius 1 is 1.45 bits per heavy atom. The van der Waals surface area contributed by atoms with Crippen molar-refractivity contribution in [3.05, 3.63) is 35.4 Å². The summed E-state index contributed by atoms with van der Waals surface area (Å²) in [4.78, 5) is 12.8. The maximum absolute atomic E-state index is 12.6. The third kappa shape index (κ3) is 3.49. The van der Waals surface area contributed by atoms with Gasteiger partial charge in [-0.2, -0.15) is 13.2 Å². The molecule has 1 aliphatic rings. The van der Waals surface area contributed by atoms with Crippen LogP contribution in [0.15, 0.2) is 24.3 Å². The predicted octanol–water partition coefficient (Wildman–Crippen LogP) is 1.56. The first-order valence-electron chi connectivity index (χ1n) is 6.21. The zero-order valence-corrected chi connectivity index (χ0v) is 10.7. The highest BCUT2D eigenvalue weighted by molar-refractivity contribution is 5.74. The van der Waals surface area contributed by atoms with Crippen molar-refractivity contribution >= 4 is 5.97 Å². The first-order chi connectivity index (χ1) is 9.38. The van der Waals surface area contributed by atoms with E-state index in [0.29, 0.717) is 25.2 Å². The van der Waals surface area contributed by atoms with Gasteiger partial charge < -0.3 is 10.4 Å². The Kier molecular flexibility index (Phi) is 4.29. The molecule has 1 heterocycles. The quantitative estimate of drug-likeness (QED) is 0.886. The molecule has 1 saturated heterocycles. The minimum atomic E-state index is -4.38. The van der Waals surface area contributed by atoms with Crippen molar-refractivity contribution in [2.24, 2.45) is 0 Å². The second kappa shape index (κ2) is 5.80. The summed E-state index contributed by atoms with van der Waals surface area (Å²) in [5, 5.41) is 12.1. The summed E-state index contributed by atoms with van der Waals surface area (Å²) in [7, 11) is 0. The molecule has 1 unspecified atom stereocenters. The van der Waals surface area contributed by atoms with Gasteiger partial charge in [-0.1, -0.05) is 18.2 Å². The average Bonchev–Trinajstić information content (AvgIpc) is 2.38. The predicted molar refractivity (Wildman–Crippen MR) is 66.1 cm³/mol. The van der Waals surface area contributed by atoms with Crippen LogP contribution in [0.5, 0.6) is 0 Å². The number of hydrogen-bond donors (Lipinski definition) is 2. The van der Waals surface area contributed by atoms with Crippen LogP contribution in [0.25, 0.3) is 0 Å². The van der Waals surface area contributed by atoms with Crippen LogP contribution in [0, 0.1) is 0 Å². The standard InChI is InChI=1S/C13H15F3N2O2/c14-13(15,16)10-3-1-2-9(6-10)8-18-5-4-17-7-11(18)12(19)20/h1-3,6,11,17H,4-5,7-8H2,(H,19,20). The highest BCUT2D eigenvalue weighted by atomic mass is 19.4. The molecule has 0 spiro atoms. The number of nitrogens with zero attached hydrogens (tertiary/aromatic N) is 1. The van der Waals surface area contributed by atoms with Crippen molar-refractivity contribution in [3.63, 3.8) is 0 Å². The van der Waals surface area contributed by atoms with E-state index in [1.165, 1.54) is 6.07 Å². The average molecular weight is 288 g/mol. The van der Waals surface area contributed by atoms with Crippen molar-refractivity contribution in [1.29, 1.82) is 0 Å². The number of carboxylic acids is 1. The molecular formula is C13H15F3N2O2. The topological polar surface area (TPSA) is 52.6 Å². The summed E-state index contributed by atoms with van der Waals surface area (Å²) in [5.41, 5.74) is -0.245. The summed E-state index contributed by atoms with van der Waals surface area (Å²) in [6.45, 7) is 1.62. The molecule has 0 aliphatic carbocycles. The highest BCUT2D eigenvalue weighted by Gasteiger charge is 2.31. The molecule has 0 aromatic heterocycles. The van der Waals surface area contributed by atoms with Crippen LogP contribution < -0.4 is 5.32 Å². The molecule has 0 bridgehead atoms. The minimum absolute atomic E-state index is 0.197. The Morgan fingerprint density at radius 3 is 2.85 bits per heavy atom. The van der Waals surface area contributed by atoms with Gasteiger partial charge >= 0.3 is 12.1 Å². The number of hydrogen-bond acceptors (Lipinski definition) is 3. The van der Waals surface area contributed by atoms with Crippen molar-refractivity contribution < 1.29 is 23.1 Å². The number of halogens is 3. The largest absolute Gasteiger partial charge is 0.480 e. The van der Waals surface area contributed by atoms with Crippen LogP contribution in [0.2, 0.25) is 0 Å². The van der Waals surface area contributed by atoms with Crippen LogP contribution in [-0.4, -0.2) is 41.7 Å². The molecule has 1 aliphatic heterocycles. The maximum atomic E-state index is 12.6. The van der Waals surface area contributed by atoms with Gasteiger partial charge in [-0.15, -0.1) is 0 Å². The van der Waals surface area contributed by atoms with E-state index in [-0.39, 0.29) is 6.54 Å². The van der Waals surface area contributed by atoms with Gasteiger partial charge in [-0.3, -0.25) is 9.69 Å². The molecule has 110 valence electrons. The number of alkyl halides is 3.